The normalized spacial score (nSPS) is 11.5. The van der Waals surface area contributed by atoms with E-state index >= 15 is 0 Å². The molecule has 19 heavy (non-hydrogen) atoms. The lowest BCUT2D eigenvalue weighted by Gasteiger charge is -2.17. The van der Waals surface area contributed by atoms with Crippen LogP contribution in [0.5, 0.6) is 0 Å². The number of benzene rings is 1. The molecule has 1 aromatic rings. The Morgan fingerprint density at radius 1 is 1.32 bits per heavy atom. The second-order valence-corrected chi connectivity index (χ2v) is 4.63. The molecule has 0 aromatic heterocycles. The fourth-order valence-electron chi connectivity index (χ4n) is 1.70. The lowest BCUT2D eigenvalue weighted by molar-refractivity contribution is -0.122. The fourth-order valence-corrected chi connectivity index (χ4v) is 1.99. The van der Waals surface area contributed by atoms with Crippen molar-refractivity contribution in [1.82, 2.24) is 10.6 Å². The van der Waals surface area contributed by atoms with Crippen LogP contribution < -0.4 is 16.0 Å². The number of aryl methyl sites for hydroxylation is 1. The second kappa shape index (κ2) is 7.74. The van der Waals surface area contributed by atoms with E-state index in [9.17, 15) is 4.79 Å². The van der Waals surface area contributed by atoms with Crippen molar-refractivity contribution >= 4 is 28.9 Å². The number of likely N-dealkylation sites (N-methyl/N-ethyl adjacent to an activating group) is 1. The SMILES string of the molecule is CCNC(=O)[C@@H](C)NC(=S)Nc1ccccc1CC. The van der Waals surface area contributed by atoms with Crippen LogP contribution in [0.2, 0.25) is 0 Å². The number of carbonyl (C=O) groups is 1. The molecule has 0 aliphatic heterocycles. The molecule has 5 heteroatoms. The molecule has 1 amide bonds. The van der Waals surface area contributed by atoms with Crippen molar-refractivity contribution < 1.29 is 4.79 Å². The zero-order valence-corrected chi connectivity index (χ0v) is 12.4. The molecule has 0 saturated carbocycles. The summed E-state index contributed by atoms with van der Waals surface area (Å²) in [4.78, 5) is 11.6. The maximum atomic E-state index is 11.6. The lowest BCUT2D eigenvalue weighted by Crippen LogP contribution is -2.46. The van der Waals surface area contributed by atoms with Gasteiger partial charge in [0.25, 0.3) is 0 Å². The molecule has 0 aliphatic rings. The van der Waals surface area contributed by atoms with Gasteiger partial charge in [0.2, 0.25) is 5.91 Å². The molecule has 104 valence electrons. The summed E-state index contributed by atoms with van der Waals surface area (Å²) in [5.74, 6) is -0.0598. The first kappa shape index (κ1) is 15.4. The highest BCUT2D eigenvalue weighted by Gasteiger charge is 2.12. The number of thiocarbonyl (C=S) groups is 1. The van der Waals surface area contributed by atoms with Crippen LogP contribution in [-0.4, -0.2) is 23.6 Å². The summed E-state index contributed by atoms with van der Waals surface area (Å²) in [7, 11) is 0. The average molecular weight is 279 g/mol. The van der Waals surface area contributed by atoms with E-state index in [1.807, 2.05) is 25.1 Å². The molecule has 1 atom stereocenters. The number of amides is 1. The van der Waals surface area contributed by atoms with E-state index in [0.29, 0.717) is 11.7 Å². The molecular weight excluding hydrogens is 258 g/mol. The van der Waals surface area contributed by atoms with E-state index in [4.69, 9.17) is 12.2 Å². The summed E-state index contributed by atoms with van der Waals surface area (Å²) in [6.07, 6.45) is 0.928. The van der Waals surface area contributed by atoms with Gasteiger partial charge in [-0.3, -0.25) is 4.79 Å². The molecule has 1 aromatic carbocycles. The van der Waals surface area contributed by atoms with Crippen LogP contribution in [0, 0.1) is 0 Å². The van der Waals surface area contributed by atoms with Crippen LogP contribution in [0.4, 0.5) is 5.69 Å². The number of anilines is 1. The Hall–Kier alpha value is -1.62. The van der Waals surface area contributed by atoms with Gasteiger partial charge in [-0.2, -0.15) is 0 Å². The highest BCUT2D eigenvalue weighted by atomic mass is 32.1. The van der Waals surface area contributed by atoms with Crippen molar-refractivity contribution in [3.05, 3.63) is 29.8 Å². The molecule has 0 fully saturated rings. The van der Waals surface area contributed by atoms with E-state index in [1.54, 1.807) is 6.92 Å². The van der Waals surface area contributed by atoms with E-state index < -0.39 is 0 Å². The molecule has 0 saturated heterocycles. The summed E-state index contributed by atoms with van der Waals surface area (Å²) in [5.41, 5.74) is 2.17. The number of carbonyl (C=O) groups excluding carboxylic acids is 1. The van der Waals surface area contributed by atoms with Crippen molar-refractivity contribution in [2.45, 2.75) is 33.2 Å². The van der Waals surface area contributed by atoms with Gasteiger partial charge < -0.3 is 16.0 Å². The Kier molecular flexibility index (Phi) is 6.29. The Bertz CT molecular complexity index is 448. The van der Waals surface area contributed by atoms with Gasteiger partial charge in [-0.1, -0.05) is 25.1 Å². The largest absolute Gasteiger partial charge is 0.355 e. The Labute approximate surface area is 120 Å². The van der Waals surface area contributed by atoms with Gasteiger partial charge in [-0.15, -0.1) is 0 Å². The minimum absolute atomic E-state index is 0.0598. The van der Waals surface area contributed by atoms with Gasteiger partial charge in [0.15, 0.2) is 5.11 Å². The molecular formula is C14H21N3OS. The van der Waals surface area contributed by atoms with Crippen molar-refractivity contribution in [3.63, 3.8) is 0 Å². The minimum Gasteiger partial charge on any atom is -0.355 e. The monoisotopic (exact) mass is 279 g/mol. The third-order valence-corrected chi connectivity index (χ3v) is 2.96. The summed E-state index contributed by atoms with van der Waals surface area (Å²) in [6.45, 7) is 6.38. The number of hydrogen-bond donors (Lipinski definition) is 3. The molecule has 0 heterocycles. The predicted octanol–water partition coefficient (Wildman–Crippen LogP) is 2.06. The molecule has 0 spiro atoms. The molecule has 0 unspecified atom stereocenters. The van der Waals surface area contributed by atoms with Gasteiger partial charge in [0.1, 0.15) is 6.04 Å². The van der Waals surface area contributed by atoms with Crippen LogP contribution in [0.1, 0.15) is 26.3 Å². The average Bonchev–Trinajstić information content (AvgIpc) is 2.39. The second-order valence-electron chi connectivity index (χ2n) is 4.23. The Morgan fingerprint density at radius 3 is 2.63 bits per heavy atom. The number of hydrogen-bond acceptors (Lipinski definition) is 2. The highest BCUT2D eigenvalue weighted by Crippen LogP contribution is 2.15. The quantitative estimate of drug-likeness (QED) is 0.722. The maximum absolute atomic E-state index is 11.6. The van der Waals surface area contributed by atoms with E-state index in [2.05, 4.69) is 28.9 Å². The molecule has 0 aliphatic carbocycles. The standard InChI is InChI=1S/C14H21N3OS/c1-4-11-8-6-7-9-12(11)17-14(19)16-10(3)13(18)15-5-2/h6-10H,4-5H2,1-3H3,(H,15,18)(H2,16,17,19)/t10-/m1/s1. The van der Waals surface area contributed by atoms with E-state index in [-0.39, 0.29) is 11.9 Å². The Balaban J connectivity index is 2.58. The van der Waals surface area contributed by atoms with E-state index in [0.717, 1.165) is 12.1 Å². The van der Waals surface area contributed by atoms with Crippen molar-refractivity contribution in [2.24, 2.45) is 0 Å². The Morgan fingerprint density at radius 2 is 2.00 bits per heavy atom. The first-order valence-corrected chi connectivity index (χ1v) is 6.92. The van der Waals surface area contributed by atoms with Crippen LogP contribution >= 0.6 is 12.2 Å². The predicted molar refractivity (Wildman–Crippen MR) is 83.3 cm³/mol. The minimum atomic E-state index is -0.353. The molecule has 0 bridgehead atoms. The molecule has 1 rings (SSSR count). The van der Waals surface area contributed by atoms with Gasteiger partial charge in [-0.05, 0) is 44.1 Å². The van der Waals surface area contributed by atoms with Crippen LogP contribution in [0.3, 0.4) is 0 Å². The topological polar surface area (TPSA) is 53.2 Å². The summed E-state index contributed by atoms with van der Waals surface area (Å²) < 4.78 is 0. The third kappa shape index (κ3) is 4.87. The first-order chi connectivity index (χ1) is 9.08. The smallest absolute Gasteiger partial charge is 0.242 e. The van der Waals surface area contributed by atoms with Crippen LogP contribution in [-0.2, 0) is 11.2 Å². The fraction of sp³-hybridized carbons (Fsp3) is 0.429. The van der Waals surface area contributed by atoms with Crippen molar-refractivity contribution in [1.29, 1.82) is 0 Å². The summed E-state index contributed by atoms with van der Waals surface area (Å²) in [6, 6.07) is 7.63. The zero-order valence-electron chi connectivity index (χ0n) is 11.6. The highest BCUT2D eigenvalue weighted by molar-refractivity contribution is 7.80. The lowest BCUT2D eigenvalue weighted by atomic mass is 10.1. The van der Waals surface area contributed by atoms with Crippen LogP contribution in [0.15, 0.2) is 24.3 Å². The van der Waals surface area contributed by atoms with Crippen molar-refractivity contribution in [3.8, 4) is 0 Å². The van der Waals surface area contributed by atoms with Gasteiger partial charge in [0, 0.05) is 12.2 Å². The first-order valence-electron chi connectivity index (χ1n) is 6.51. The number of rotatable bonds is 5. The van der Waals surface area contributed by atoms with Crippen LogP contribution in [0.25, 0.3) is 0 Å². The zero-order chi connectivity index (χ0) is 14.3. The van der Waals surface area contributed by atoms with Gasteiger partial charge in [-0.25, -0.2) is 0 Å². The maximum Gasteiger partial charge on any atom is 0.242 e. The molecule has 4 nitrogen and oxygen atoms in total. The third-order valence-electron chi connectivity index (χ3n) is 2.74. The number of para-hydroxylation sites is 1. The summed E-state index contributed by atoms with van der Waals surface area (Å²) in [5, 5.41) is 9.31. The van der Waals surface area contributed by atoms with Gasteiger partial charge in [0.05, 0.1) is 0 Å². The molecule has 3 N–H and O–H groups in total. The van der Waals surface area contributed by atoms with Gasteiger partial charge >= 0.3 is 0 Å². The summed E-state index contributed by atoms with van der Waals surface area (Å²) >= 11 is 5.22. The molecule has 0 radical (unpaired) electrons. The number of nitrogens with one attached hydrogen (secondary N) is 3. The van der Waals surface area contributed by atoms with E-state index in [1.165, 1.54) is 5.56 Å². The van der Waals surface area contributed by atoms with Crippen molar-refractivity contribution in [2.75, 3.05) is 11.9 Å².